The number of hydrogen-bond acceptors (Lipinski definition) is 4. The number of nitrogens with one attached hydrogen (secondary N) is 1. The molecule has 0 saturated carbocycles. The molecule has 0 fully saturated rings. The normalized spacial score (nSPS) is 10.8. The molecule has 0 bridgehead atoms. The van der Waals surface area contributed by atoms with Gasteiger partial charge in [-0.05, 0) is 48.1 Å². The molecule has 0 aliphatic carbocycles. The molecular formula is C11H17IN2O2. The van der Waals surface area contributed by atoms with Crippen molar-refractivity contribution in [3.63, 3.8) is 0 Å². The smallest absolute Gasteiger partial charge is 0.139 e. The number of pyridine rings is 1. The van der Waals surface area contributed by atoms with Gasteiger partial charge in [0.25, 0.3) is 0 Å². The molecule has 0 amide bonds. The van der Waals surface area contributed by atoms with Crippen LogP contribution >= 0.6 is 22.6 Å². The second kappa shape index (κ2) is 7.03. The minimum atomic E-state index is 0.0275. The molecule has 0 atom stereocenters. The minimum Gasteiger partial charge on any atom is -0.392 e. The summed E-state index contributed by atoms with van der Waals surface area (Å²) >= 11 is 2.20. The topological polar surface area (TPSA) is 54.4 Å². The van der Waals surface area contributed by atoms with Gasteiger partial charge in [-0.2, -0.15) is 0 Å². The fraction of sp³-hybridized carbons (Fsp3) is 0.545. The van der Waals surface area contributed by atoms with Crippen LogP contribution in [-0.4, -0.2) is 29.3 Å². The molecule has 0 saturated heterocycles. The molecule has 90 valence electrons. The third-order valence-corrected chi connectivity index (χ3v) is 2.75. The Balaban J connectivity index is 2.42. The van der Waals surface area contributed by atoms with E-state index in [0.29, 0.717) is 6.61 Å². The Morgan fingerprint density at radius 1 is 1.56 bits per heavy atom. The Morgan fingerprint density at radius 2 is 2.31 bits per heavy atom. The number of rotatable bonds is 6. The van der Waals surface area contributed by atoms with E-state index in [-0.39, 0.29) is 12.7 Å². The zero-order chi connectivity index (χ0) is 12.0. The van der Waals surface area contributed by atoms with Gasteiger partial charge in [0.15, 0.2) is 0 Å². The van der Waals surface area contributed by atoms with Gasteiger partial charge in [-0.25, -0.2) is 4.98 Å². The molecule has 4 nitrogen and oxygen atoms in total. The Morgan fingerprint density at radius 3 is 2.88 bits per heavy atom. The SMILES string of the molecule is CC(C)OCCNc1ncc(CO)cc1I. The van der Waals surface area contributed by atoms with Gasteiger partial charge < -0.3 is 15.2 Å². The standard InChI is InChI=1S/C11H17IN2O2/c1-8(2)16-4-3-13-11-10(12)5-9(7-15)6-14-11/h5-6,8,15H,3-4,7H2,1-2H3,(H,13,14). The number of aliphatic hydroxyl groups is 1. The van der Waals surface area contributed by atoms with Crippen LogP contribution in [0.5, 0.6) is 0 Å². The average molecular weight is 336 g/mol. The first-order valence-electron chi connectivity index (χ1n) is 5.24. The summed E-state index contributed by atoms with van der Waals surface area (Å²) in [7, 11) is 0. The highest BCUT2D eigenvalue weighted by atomic mass is 127. The number of aromatic nitrogens is 1. The highest BCUT2D eigenvalue weighted by Gasteiger charge is 2.02. The highest BCUT2D eigenvalue weighted by molar-refractivity contribution is 14.1. The van der Waals surface area contributed by atoms with Crippen molar-refractivity contribution in [1.82, 2.24) is 4.98 Å². The van der Waals surface area contributed by atoms with E-state index in [1.807, 2.05) is 19.9 Å². The van der Waals surface area contributed by atoms with Gasteiger partial charge >= 0.3 is 0 Å². The van der Waals surface area contributed by atoms with Gasteiger partial charge in [-0.1, -0.05) is 0 Å². The fourth-order valence-corrected chi connectivity index (χ4v) is 1.89. The number of nitrogens with zero attached hydrogens (tertiary/aromatic N) is 1. The van der Waals surface area contributed by atoms with E-state index >= 15 is 0 Å². The van der Waals surface area contributed by atoms with E-state index in [1.54, 1.807) is 6.20 Å². The Labute approximate surface area is 110 Å². The van der Waals surface area contributed by atoms with Crippen molar-refractivity contribution in [1.29, 1.82) is 0 Å². The number of anilines is 1. The molecule has 16 heavy (non-hydrogen) atoms. The van der Waals surface area contributed by atoms with Crippen molar-refractivity contribution in [2.45, 2.75) is 26.6 Å². The number of ether oxygens (including phenoxy) is 1. The molecule has 2 N–H and O–H groups in total. The van der Waals surface area contributed by atoms with Crippen molar-refractivity contribution < 1.29 is 9.84 Å². The minimum absolute atomic E-state index is 0.0275. The first kappa shape index (κ1) is 13.7. The Bertz CT molecular complexity index is 332. The van der Waals surface area contributed by atoms with E-state index in [9.17, 15) is 0 Å². The number of aliphatic hydroxyl groups excluding tert-OH is 1. The first-order valence-corrected chi connectivity index (χ1v) is 6.32. The van der Waals surface area contributed by atoms with Crippen LogP contribution in [0.1, 0.15) is 19.4 Å². The largest absolute Gasteiger partial charge is 0.392 e. The van der Waals surface area contributed by atoms with Crippen LogP contribution in [0.4, 0.5) is 5.82 Å². The van der Waals surface area contributed by atoms with Crippen LogP contribution in [0.2, 0.25) is 0 Å². The first-order chi connectivity index (χ1) is 7.63. The van der Waals surface area contributed by atoms with Gasteiger partial charge in [0.1, 0.15) is 5.82 Å². The molecule has 1 aromatic rings. The van der Waals surface area contributed by atoms with Crippen molar-refractivity contribution in [3.05, 3.63) is 21.4 Å². The highest BCUT2D eigenvalue weighted by Crippen LogP contribution is 2.16. The molecule has 0 aliphatic heterocycles. The molecule has 1 rings (SSSR count). The second-order valence-electron chi connectivity index (χ2n) is 3.68. The summed E-state index contributed by atoms with van der Waals surface area (Å²) in [6.45, 7) is 5.45. The third kappa shape index (κ3) is 4.63. The van der Waals surface area contributed by atoms with Gasteiger partial charge in [0.2, 0.25) is 0 Å². The number of hydrogen-bond donors (Lipinski definition) is 2. The van der Waals surface area contributed by atoms with Gasteiger partial charge in [0, 0.05) is 12.7 Å². The molecule has 0 unspecified atom stereocenters. The maximum absolute atomic E-state index is 8.94. The lowest BCUT2D eigenvalue weighted by Crippen LogP contribution is -2.14. The Kier molecular flexibility index (Phi) is 6.00. The lowest BCUT2D eigenvalue weighted by Gasteiger charge is -2.10. The van der Waals surface area contributed by atoms with E-state index < -0.39 is 0 Å². The van der Waals surface area contributed by atoms with E-state index in [4.69, 9.17) is 9.84 Å². The number of halogens is 1. The van der Waals surface area contributed by atoms with Crippen LogP contribution in [0.15, 0.2) is 12.3 Å². The van der Waals surface area contributed by atoms with Crippen LogP contribution in [0.3, 0.4) is 0 Å². The summed E-state index contributed by atoms with van der Waals surface area (Å²) in [5, 5.41) is 12.1. The molecule has 1 heterocycles. The molecule has 1 aromatic heterocycles. The molecule has 0 aliphatic rings. The lowest BCUT2D eigenvalue weighted by atomic mass is 10.3. The predicted octanol–water partition coefficient (Wildman–Crippen LogP) is 2.02. The summed E-state index contributed by atoms with van der Waals surface area (Å²) in [5.74, 6) is 0.838. The summed E-state index contributed by atoms with van der Waals surface area (Å²) in [5.41, 5.74) is 0.827. The van der Waals surface area contributed by atoms with E-state index in [2.05, 4.69) is 32.9 Å². The average Bonchev–Trinajstić information content (AvgIpc) is 2.25. The fourth-order valence-electron chi connectivity index (χ4n) is 1.16. The summed E-state index contributed by atoms with van der Waals surface area (Å²) in [6.07, 6.45) is 1.93. The zero-order valence-electron chi connectivity index (χ0n) is 9.53. The quantitative estimate of drug-likeness (QED) is 0.616. The zero-order valence-corrected chi connectivity index (χ0v) is 11.7. The van der Waals surface area contributed by atoms with Crippen molar-refractivity contribution >= 4 is 28.4 Å². The van der Waals surface area contributed by atoms with Crippen LogP contribution in [-0.2, 0) is 11.3 Å². The summed E-state index contributed by atoms with van der Waals surface area (Å²) in [6, 6.07) is 1.92. The third-order valence-electron chi connectivity index (χ3n) is 1.93. The van der Waals surface area contributed by atoms with E-state index in [1.165, 1.54) is 0 Å². The van der Waals surface area contributed by atoms with Gasteiger partial charge in [-0.15, -0.1) is 0 Å². The predicted molar refractivity (Wildman–Crippen MR) is 72.5 cm³/mol. The molecular weight excluding hydrogens is 319 g/mol. The molecule has 0 spiro atoms. The van der Waals surface area contributed by atoms with E-state index in [0.717, 1.165) is 21.5 Å². The Hall–Kier alpha value is -0.400. The summed E-state index contributed by atoms with van der Waals surface area (Å²) in [4.78, 5) is 4.23. The van der Waals surface area contributed by atoms with Gasteiger partial charge in [0.05, 0.1) is 22.9 Å². The van der Waals surface area contributed by atoms with Crippen molar-refractivity contribution in [2.24, 2.45) is 0 Å². The van der Waals surface area contributed by atoms with Gasteiger partial charge in [-0.3, -0.25) is 0 Å². The lowest BCUT2D eigenvalue weighted by molar-refractivity contribution is 0.0870. The summed E-state index contributed by atoms with van der Waals surface area (Å²) < 4.78 is 6.42. The molecule has 0 radical (unpaired) electrons. The molecule has 5 heteroatoms. The second-order valence-corrected chi connectivity index (χ2v) is 4.84. The van der Waals surface area contributed by atoms with Crippen LogP contribution in [0, 0.1) is 3.57 Å². The maximum atomic E-state index is 8.94. The maximum Gasteiger partial charge on any atom is 0.139 e. The van der Waals surface area contributed by atoms with Crippen LogP contribution < -0.4 is 5.32 Å². The molecule has 0 aromatic carbocycles. The van der Waals surface area contributed by atoms with Crippen molar-refractivity contribution in [3.8, 4) is 0 Å². The van der Waals surface area contributed by atoms with Crippen LogP contribution in [0.25, 0.3) is 0 Å². The van der Waals surface area contributed by atoms with Crippen molar-refractivity contribution in [2.75, 3.05) is 18.5 Å². The monoisotopic (exact) mass is 336 g/mol.